The summed E-state index contributed by atoms with van der Waals surface area (Å²) < 4.78 is 0. The molecule has 0 amide bonds. The van der Waals surface area contributed by atoms with Gasteiger partial charge in [0.25, 0.3) is 0 Å². The zero-order valence-corrected chi connectivity index (χ0v) is 8.01. The Morgan fingerprint density at radius 2 is 2.23 bits per heavy atom. The van der Waals surface area contributed by atoms with E-state index in [1.807, 2.05) is 7.05 Å². The van der Waals surface area contributed by atoms with Crippen LogP contribution in [-0.2, 0) is 6.54 Å². The average Bonchev–Trinajstić information content (AvgIpc) is 2.39. The minimum atomic E-state index is 0.520. The first-order chi connectivity index (χ1) is 6.42. The molecule has 1 aliphatic heterocycles. The Hall–Kier alpha value is -0.860. The van der Waals surface area contributed by atoms with Crippen LogP contribution in [0.15, 0.2) is 24.3 Å². The van der Waals surface area contributed by atoms with Crippen LogP contribution in [0.1, 0.15) is 23.6 Å². The lowest BCUT2D eigenvalue weighted by atomic mass is 10.00. The van der Waals surface area contributed by atoms with Gasteiger partial charge in [0.15, 0.2) is 0 Å². The van der Waals surface area contributed by atoms with Crippen molar-refractivity contribution in [1.82, 2.24) is 10.6 Å². The highest BCUT2D eigenvalue weighted by Crippen LogP contribution is 2.22. The van der Waals surface area contributed by atoms with Crippen LogP contribution in [0, 0.1) is 0 Å². The van der Waals surface area contributed by atoms with E-state index in [1.165, 1.54) is 17.5 Å². The van der Waals surface area contributed by atoms with Gasteiger partial charge in [-0.3, -0.25) is 0 Å². The van der Waals surface area contributed by atoms with Crippen LogP contribution in [0.2, 0.25) is 0 Å². The van der Waals surface area contributed by atoms with E-state index >= 15 is 0 Å². The number of nitrogens with one attached hydrogen (secondary N) is 2. The van der Waals surface area contributed by atoms with Crippen molar-refractivity contribution in [2.45, 2.75) is 19.0 Å². The lowest BCUT2D eigenvalue weighted by Gasteiger charge is -2.15. The van der Waals surface area contributed by atoms with Crippen LogP contribution in [0.3, 0.4) is 0 Å². The first-order valence-electron chi connectivity index (χ1n) is 4.87. The van der Waals surface area contributed by atoms with Gasteiger partial charge in [0.2, 0.25) is 0 Å². The van der Waals surface area contributed by atoms with Crippen molar-refractivity contribution in [2.75, 3.05) is 13.6 Å². The van der Waals surface area contributed by atoms with Crippen LogP contribution < -0.4 is 10.6 Å². The molecule has 0 radical (unpaired) electrons. The Labute approximate surface area is 79.4 Å². The summed E-state index contributed by atoms with van der Waals surface area (Å²) in [7, 11) is 2.03. The van der Waals surface area contributed by atoms with E-state index in [-0.39, 0.29) is 0 Å². The van der Waals surface area contributed by atoms with E-state index in [4.69, 9.17) is 0 Å². The largest absolute Gasteiger partial charge is 0.313 e. The van der Waals surface area contributed by atoms with Gasteiger partial charge < -0.3 is 10.6 Å². The van der Waals surface area contributed by atoms with Gasteiger partial charge in [-0.15, -0.1) is 0 Å². The van der Waals surface area contributed by atoms with E-state index in [9.17, 15) is 0 Å². The number of rotatable bonds is 1. The third-order valence-electron chi connectivity index (χ3n) is 2.70. The standard InChI is InChI=1S/C11H16N2/c1-12-11-6-7-13-8-9-4-2-3-5-10(9)11/h2-5,11-13H,6-8H2,1H3. The zero-order chi connectivity index (χ0) is 9.10. The molecule has 0 fully saturated rings. The van der Waals surface area contributed by atoms with Crippen molar-refractivity contribution in [3.8, 4) is 0 Å². The molecule has 70 valence electrons. The molecule has 1 heterocycles. The highest BCUT2D eigenvalue weighted by molar-refractivity contribution is 5.30. The number of benzene rings is 1. The van der Waals surface area contributed by atoms with Crippen molar-refractivity contribution >= 4 is 0 Å². The third-order valence-corrected chi connectivity index (χ3v) is 2.70. The van der Waals surface area contributed by atoms with E-state index in [0.717, 1.165) is 13.1 Å². The fourth-order valence-electron chi connectivity index (χ4n) is 1.96. The molecular formula is C11H16N2. The molecule has 2 nitrogen and oxygen atoms in total. The predicted molar refractivity (Wildman–Crippen MR) is 54.6 cm³/mol. The maximum atomic E-state index is 3.43. The molecule has 1 aliphatic rings. The van der Waals surface area contributed by atoms with Gasteiger partial charge in [-0.25, -0.2) is 0 Å². The van der Waals surface area contributed by atoms with Gasteiger partial charge in [-0.1, -0.05) is 24.3 Å². The molecule has 0 aromatic heterocycles. The molecule has 1 aromatic carbocycles. The molecule has 13 heavy (non-hydrogen) atoms. The second-order valence-electron chi connectivity index (χ2n) is 3.51. The molecule has 1 aromatic rings. The summed E-state index contributed by atoms with van der Waals surface area (Å²) >= 11 is 0. The Morgan fingerprint density at radius 3 is 3.08 bits per heavy atom. The molecular weight excluding hydrogens is 160 g/mol. The first-order valence-corrected chi connectivity index (χ1v) is 4.87. The SMILES string of the molecule is CNC1CCNCc2ccccc21. The molecule has 0 spiro atoms. The van der Waals surface area contributed by atoms with Crippen LogP contribution in [0.25, 0.3) is 0 Å². The lowest BCUT2D eigenvalue weighted by Crippen LogP contribution is -2.18. The average molecular weight is 176 g/mol. The minimum Gasteiger partial charge on any atom is -0.313 e. The van der Waals surface area contributed by atoms with E-state index < -0.39 is 0 Å². The fourth-order valence-corrected chi connectivity index (χ4v) is 1.96. The minimum absolute atomic E-state index is 0.520. The molecule has 2 heteroatoms. The normalized spacial score (nSPS) is 22.1. The van der Waals surface area contributed by atoms with Gasteiger partial charge in [-0.05, 0) is 31.1 Å². The molecule has 0 bridgehead atoms. The predicted octanol–water partition coefficient (Wildman–Crippen LogP) is 1.44. The van der Waals surface area contributed by atoms with E-state index in [2.05, 4.69) is 34.9 Å². The molecule has 0 saturated carbocycles. The quantitative estimate of drug-likeness (QED) is 0.676. The Bertz CT molecular complexity index is 283. The van der Waals surface area contributed by atoms with Crippen molar-refractivity contribution in [2.24, 2.45) is 0 Å². The third kappa shape index (κ3) is 1.74. The number of hydrogen-bond acceptors (Lipinski definition) is 2. The Balaban J connectivity index is 2.35. The van der Waals surface area contributed by atoms with Crippen molar-refractivity contribution in [1.29, 1.82) is 0 Å². The van der Waals surface area contributed by atoms with E-state index in [1.54, 1.807) is 0 Å². The summed E-state index contributed by atoms with van der Waals surface area (Å²) in [4.78, 5) is 0. The van der Waals surface area contributed by atoms with Gasteiger partial charge in [0, 0.05) is 12.6 Å². The summed E-state index contributed by atoms with van der Waals surface area (Å²) in [6.07, 6.45) is 1.17. The summed E-state index contributed by atoms with van der Waals surface area (Å²) in [6, 6.07) is 9.18. The Morgan fingerprint density at radius 1 is 1.38 bits per heavy atom. The van der Waals surface area contributed by atoms with Crippen LogP contribution in [0.4, 0.5) is 0 Å². The van der Waals surface area contributed by atoms with Crippen LogP contribution in [0.5, 0.6) is 0 Å². The summed E-state index contributed by atoms with van der Waals surface area (Å²) in [5.41, 5.74) is 2.88. The van der Waals surface area contributed by atoms with Crippen molar-refractivity contribution in [3.05, 3.63) is 35.4 Å². The smallest absolute Gasteiger partial charge is 0.0332 e. The van der Waals surface area contributed by atoms with Gasteiger partial charge in [0.05, 0.1) is 0 Å². The molecule has 2 N–H and O–H groups in total. The van der Waals surface area contributed by atoms with Gasteiger partial charge in [0.1, 0.15) is 0 Å². The van der Waals surface area contributed by atoms with E-state index in [0.29, 0.717) is 6.04 Å². The molecule has 0 saturated heterocycles. The topological polar surface area (TPSA) is 24.1 Å². The maximum absolute atomic E-state index is 3.43. The summed E-state index contributed by atoms with van der Waals surface area (Å²) in [5, 5.41) is 6.79. The number of fused-ring (bicyclic) bond motifs is 1. The maximum Gasteiger partial charge on any atom is 0.0332 e. The molecule has 2 rings (SSSR count). The van der Waals surface area contributed by atoms with Gasteiger partial charge >= 0.3 is 0 Å². The molecule has 1 unspecified atom stereocenters. The number of hydrogen-bond donors (Lipinski definition) is 2. The highest BCUT2D eigenvalue weighted by Gasteiger charge is 2.15. The fraction of sp³-hybridized carbons (Fsp3) is 0.455. The lowest BCUT2D eigenvalue weighted by molar-refractivity contribution is 0.540. The molecule has 1 atom stereocenters. The zero-order valence-electron chi connectivity index (χ0n) is 8.01. The highest BCUT2D eigenvalue weighted by atomic mass is 14.9. The summed E-state index contributed by atoms with van der Waals surface area (Å²) in [6.45, 7) is 2.11. The molecule has 0 aliphatic carbocycles. The van der Waals surface area contributed by atoms with Crippen molar-refractivity contribution < 1.29 is 0 Å². The first kappa shape index (κ1) is 8.73. The monoisotopic (exact) mass is 176 g/mol. The van der Waals surface area contributed by atoms with Crippen molar-refractivity contribution in [3.63, 3.8) is 0 Å². The van der Waals surface area contributed by atoms with Gasteiger partial charge in [-0.2, -0.15) is 0 Å². The van der Waals surface area contributed by atoms with Crippen LogP contribution in [-0.4, -0.2) is 13.6 Å². The van der Waals surface area contributed by atoms with Crippen LogP contribution >= 0.6 is 0 Å². The second kappa shape index (κ2) is 3.90. The Kier molecular flexibility index (Phi) is 2.62. The summed E-state index contributed by atoms with van der Waals surface area (Å²) in [5.74, 6) is 0. The second-order valence-corrected chi connectivity index (χ2v) is 3.51.